The van der Waals surface area contributed by atoms with E-state index in [1.165, 1.54) is 20.9 Å². The Morgan fingerprint density at radius 1 is 1.00 bits per heavy atom. The van der Waals surface area contributed by atoms with E-state index in [0.29, 0.717) is 0 Å². The third-order valence-corrected chi connectivity index (χ3v) is 4.45. The maximum Gasteiger partial charge on any atom is 0.161 e. The summed E-state index contributed by atoms with van der Waals surface area (Å²) in [6.07, 6.45) is 0. The molecule has 0 aliphatic heterocycles. The molecular formula is C16H21NO2S. The quantitative estimate of drug-likeness (QED) is 0.881. The van der Waals surface area contributed by atoms with Gasteiger partial charge in [0.25, 0.3) is 0 Å². The van der Waals surface area contributed by atoms with Crippen LogP contribution in [-0.4, -0.2) is 14.2 Å². The number of benzene rings is 1. The lowest BCUT2D eigenvalue weighted by molar-refractivity contribution is 0.354. The van der Waals surface area contributed by atoms with Gasteiger partial charge < -0.3 is 14.8 Å². The second-order valence-corrected chi connectivity index (χ2v) is 6.09. The third-order valence-electron chi connectivity index (χ3n) is 3.29. The van der Waals surface area contributed by atoms with Gasteiger partial charge in [0.2, 0.25) is 0 Å². The molecule has 0 fully saturated rings. The Labute approximate surface area is 124 Å². The second kappa shape index (κ2) is 6.77. The van der Waals surface area contributed by atoms with E-state index >= 15 is 0 Å². The van der Waals surface area contributed by atoms with Crippen LogP contribution in [0.15, 0.2) is 24.3 Å². The predicted molar refractivity (Wildman–Crippen MR) is 83.9 cm³/mol. The smallest absolute Gasteiger partial charge is 0.161 e. The fourth-order valence-corrected chi connectivity index (χ4v) is 3.08. The molecule has 20 heavy (non-hydrogen) atoms. The van der Waals surface area contributed by atoms with Gasteiger partial charge in [0.05, 0.1) is 14.2 Å². The zero-order valence-corrected chi connectivity index (χ0v) is 13.3. The van der Waals surface area contributed by atoms with Crippen molar-refractivity contribution in [2.75, 3.05) is 14.2 Å². The van der Waals surface area contributed by atoms with Crippen LogP contribution >= 0.6 is 11.3 Å². The Morgan fingerprint density at radius 2 is 1.75 bits per heavy atom. The highest BCUT2D eigenvalue weighted by atomic mass is 32.1. The van der Waals surface area contributed by atoms with Crippen molar-refractivity contribution in [3.05, 3.63) is 45.1 Å². The number of hydrogen-bond donors (Lipinski definition) is 1. The molecule has 1 N–H and O–H groups in total. The average molecular weight is 291 g/mol. The molecule has 1 aromatic heterocycles. The predicted octanol–water partition coefficient (Wildman–Crippen LogP) is 3.67. The Kier molecular flexibility index (Phi) is 5.04. The Bertz CT molecular complexity index is 558. The molecule has 0 saturated carbocycles. The van der Waals surface area contributed by atoms with Crippen LogP contribution in [0, 0.1) is 13.8 Å². The van der Waals surface area contributed by atoms with Crippen molar-refractivity contribution in [2.45, 2.75) is 26.9 Å². The van der Waals surface area contributed by atoms with Crippen LogP contribution in [0.4, 0.5) is 0 Å². The van der Waals surface area contributed by atoms with Crippen LogP contribution in [-0.2, 0) is 13.1 Å². The van der Waals surface area contributed by atoms with Gasteiger partial charge in [0.15, 0.2) is 11.5 Å². The van der Waals surface area contributed by atoms with E-state index in [1.807, 2.05) is 23.5 Å². The Balaban J connectivity index is 1.94. The molecule has 0 bridgehead atoms. The topological polar surface area (TPSA) is 30.5 Å². The molecule has 0 amide bonds. The highest BCUT2D eigenvalue weighted by Gasteiger charge is 2.05. The molecule has 0 radical (unpaired) electrons. The zero-order chi connectivity index (χ0) is 14.5. The molecule has 3 nitrogen and oxygen atoms in total. The highest BCUT2D eigenvalue weighted by molar-refractivity contribution is 7.12. The standard InChI is InChI=1S/C16H21NO2S/c1-11-7-14(20-12(11)2)10-17-9-13-5-6-15(18-3)16(8-13)19-4/h5-8,17H,9-10H2,1-4H3. The summed E-state index contributed by atoms with van der Waals surface area (Å²) in [6.45, 7) is 6.03. The second-order valence-electron chi connectivity index (χ2n) is 4.74. The first-order chi connectivity index (χ1) is 9.63. The summed E-state index contributed by atoms with van der Waals surface area (Å²) < 4.78 is 10.5. The van der Waals surface area contributed by atoms with E-state index < -0.39 is 0 Å². The molecule has 2 aromatic rings. The molecule has 0 atom stereocenters. The van der Waals surface area contributed by atoms with Gasteiger partial charge in [0.1, 0.15) is 0 Å². The number of nitrogens with one attached hydrogen (secondary N) is 1. The van der Waals surface area contributed by atoms with Crippen LogP contribution in [0.25, 0.3) is 0 Å². The maximum absolute atomic E-state index is 5.31. The Hall–Kier alpha value is -1.52. The summed E-state index contributed by atoms with van der Waals surface area (Å²) in [5.74, 6) is 1.54. The van der Waals surface area contributed by atoms with E-state index in [1.54, 1.807) is 14.2 Å². The summed E-state index contributed by atoms with van der Waals surface area (Å²) in [7, 11) is 3.31. The highest BCUT2D eigenvalue weighted by Crippen LogP contribution is 2.27. The lowest BCUT2D eigenvalue weighted by Crippen LogP contribution is -2.11. The van der Waals surface area contributed by atoms with E-state index in [-0.39, 0.29) is 0 Å². The van der Waals surface area contributed by atoms with Gasteiger partial charge in [0, 0.05) is 22.8 Å². The minimum atomic E-state index is 0.765. The fraction of sp³-hybridized carbons (Fsp3) is 0.375. The largest absolute Gasteiger partial charge is 0.493 e. The number of methoxy groups -OCH3 is 2. The molecule has 0 spiro atoms. The summed E-state index contributed by atoms with van der Waals surface area (Å²) in [5, 5.41) is 3.46. The van der Waals surface area contributed by atoms with Gasteiger partial charge in [-0.3, -0.25) is 0 Å². The molecule has 0 unspecified atom stereocenters. The van der Waals surface area contributed by atoms with Crippen LogP contribution in [0.1, 0.15) is 20.9 Å². The maximum atomic E-state index is 5.31. The molecule has 0 saturated heterocycles. The van der Waals surface area contributed by atoms with Gasteiger partial charge in [-0.25, -0.2) is 0 Å². The van der Waals surface area contributed by atoms with Crippen molar-refractivity contribution < 1.29 is 9.47 Å². The third kappa shape index (κ3) is 3.52. The van der Waals surface area contributed by atoms with E-state index in [2.05, 4.69) is 31.3 Å². The number of aryl methyl sites for hydroxylation is 2. The molecule has 0 aliphatic carbocycles. The summed E-state index contributed by atoms with van der Waals surface area (Å²) in [4.78, 5) is 2.77. The van der Waals surface area contributed by atoms with Crippen LogP contribution in [0.5, 0.6) is 11.5 Å². The molecule has 2 rings (SSSR count). The number of rotatable bonds is 6. The number of thiophene rings is 1. The SMILES string of the molecule is COc1ccc(CNCc2cc(C)c(C)s2)cc1OC. The summed E-state index contributed by atoms with van der Waals surface area (Å²) in [6, 6.07) is 8.26. The lowest BCUT2D eigenvalue weighted by Gasteiger charge is -2.10. The summed E-state index contributed by atoms with van der Waals surface area (Å²) >= 11 is 1.86. The van der Waals surface area contributed by atoms with E-state index in [9.17, 15) is 0 Å². The van der Waals surface area contributed by atoms with Gasteiger partial charge in [-0.15, -0.1) is 11.3 Å². The van der Waals surface area contributed by atoms with Crippen molar-refractivity contribution >= 4 is 11.3 Å². The lowest BCUT2D eigenvalue weighted by atomic mass is 10.2. The average Bonchev–Trinajstić information content (AvgIpc) is 2.77. The van der Waals surface area contributed by atoms with Crippen molar-refractivity contribution in [1.82, 2.24) is 5.32 Å². The van der Waals surface area contributed by atoms with Crippen LogP contribution < -0.4 is 14.8 Å². The van der Waals surface area contributed by atoms with Gasteiger partial charge >= 0.3 is 0 Å². The molecule has 1 aromatic carbocycles. The molecule has 1 heterocycles. The Morgan fingerprint density at radius 3 is 2.35 bits per heavy atom. The van der Waals surface area contributed by atoms with E-state index in [4.69, 9.17) is 9.47 Å². The summed E-state index contributed by atoms with van der Waals surface area (Å²) in [5.41, 5.74) is 2.56. The van der Waals surface area contributed by atoms with Crippen molar-refractivity contribution in [1.29, 1.82) is 0 Å². The molecular weight excluding hydrogens is 270 g/mol. The van der Waals surface area contributed by atoms with Gasteiger partial charge in [-0.2, -0.15) is 0 Å². The monoisotopic (exact) mass is 291 g/mol. The first-order valence-electron chi connectivity index (χ1n) is 6.61. The van der Waals surface area contributed by atoms with Crippen molar-refractivity contribution in [3.8, 4) is 11.5 Å². The minimum Gasteiger partial charge on any atom is -0.493 e. The molecule has 4 heteroatoms. The number of hydrogen-bond acceptors (Lipinski definition) is 4. The van der Waals surface area contributed by atoms with Gasteiger partial charge in [-0.05, 0) is 43.2 Å². The fourth-order valence-electron chi connectivity index (χ4n) is 2.06. The van der Waals surface area contributed by atoms with E-state index in [0.717, 1.165) is 24.6 Å². The first kappa shape index (κ1) is 14.9. The minimum absolute atomic E-state index is 0.765. The van der Waals surface area contributed by atoms with Crippen molar-refractivity contribution in [3.63, 3.8) is 0 Å². The number of ether oxygens (including phenoxy) is 2. The van der Waals surface area contributed by atoms with Crippen LogP contribution in [0.3, 0.4) is 0 Å². The molecule has 0 aliphatic rings. The van der Waals surface area contributed by atoms with Gasteiger partial charge in [-0.1, -0.05) is 6.07 Å². The van der Waals surface area contributed by atoms with Crippen LogP contribution in [0.2, 0.25) is 0 Å². The first-order valence-corrected chi connectivity index (χ1v) is 7.43. The zero-order valence-electron chi connectivity index (χ0n) is 12.4. The molecule has 108 valence electrons. The normalized spacial score (nSPS) is 10.6. The van der Waals surface area contributed by atoms with Crippen molar-refractivity contribution in [2.24, 2.45) is 0 Å².